The summed E-state index contributed by atoms with van der Waals surface area (Å²) in [7, 11) is 0. The molecule has 0 bridgehead atoms. The van der Waals surface area contributed by atoms with Gasteiger partial charge in [-0.2, -0.15) is 0 Å². The van der Waals surface area contributed by atoms with E-state index in [-0.39, 0.29) is 12.5 Å². The number of esters is 2. The van der Waals surface area contributed by atoms with E-state index < -0.39 is 123 Å². The van der Waals surface area contributed by atoms with E-state index in [1.165, 1.54) is 27.7 Å². The highest BCUT2D eigenvalue weighted by molar-refractivity contribution is 5.73. The number of hydrogen-bond acceptors (Lipinski definition) is 18. The van der Waals surface area contributed by atoms with E-state index in [2.05, 4.69) is 6.92 Å². The molecule has 3 aliphatic rings. The van der Waals surface area contributed by atoms with Crippen molar-refractivity contribution in [3.05, 3.63) is 0 Å². The Hall–Kier alpha value is -1.62. The Bertz CT molecular complexity index is 1160. The standard InChI is InChI=1S/C39H70O18/c1-6-7-13-16-24(42)17-14-11-9-8-10-12-15-18-26(43)54-35-34(57-38-31(48)29(46)27(44)22(4)51-38)32(55-36(49)20(2)21(3)41)23(5)52-39(35)56-33-30(47)28(45)25(19-40)53-37(33)50/h20-25,27-35,37-42,44-48,50H,6-19H2,1-5H3/t20-,21-,22+,23+,24+,25-,27+,28-,29-,30+,31-,32+,33-,34-,35-,37?,38+,39+/m1/s1. The fourth-order valence-electron chi connectivity index (χ4n) is 7.14. The molecule has 334 valence electrons. The van der Waals surface area contributed by atoms with Crippen LogP contribution >= 0.6 is 0 Å². The van der Waals surface area contributed by atoms with E-state index in [0.29, 0.717) is 12.8 Å². The molecule has 3 heterocycles. The van der Waals surface area contributed by atoms with Crippen molar-refractivity contribution in [2.75, 3.05) is 6.61 Å². The molecule has 18 atom stereocenters. The molecular formula is C39H70O18. The maximum absolute atomic E-state index is 13.5. The molecule has 3 rings (SSSR count). The van der Waals surface area contributed by atoms with Crippen molar-refractivity contribution in [3.63, 3.8) is 0 Å². The highest BCUT2D eigenvalue weighted by atomic mass is 16.8. The summed E-state index contributed by atoms with van der Waals surface area (Å²) in [5.74, 6) is -2.67. The summed E-state index contributed by atoms with van der Waals surface area (Å²) in [6.45, 7) is 7.07. The second kappa shape index (κ2) is 24.6. The van der Waals surface area contributed by atoms with Gasteiger partial charge in [0.15, 0.2) is 31.1 Å². The number of carbonyl (C=O) groups excluding carboxylic acids is 2. The average molecular weight is 827 g/mol. The Balaban J connectivity index is 1.78. The zero-order valence-electron chi connectivity index (χ0n) is 34.0. The van der Waals surface area contributed by atoms with Crippen molar-refractivity contribution in [2.24, 2.45) is 5.92 Å². The molecule has 18 heteroatoms. The van der Waals surface area contributed by atoms with E-state index in [1.807, 2.05) is 0 Å². The third-order valence-electron chi connectivity index (χ3n) is 11.1. The minimum Gasteiger partial charge on any atom is -0.456 e. The van der Waals surface area contributed by atoms with E-state index in [9.17, 15) is 55.5 Å². The minimum atomic E-state index is -1.91. The van der Waals surface area contributed by atoms with Crippen LogP contribution in [0.1, 0.15) is 118 Å². The molecule has 0 aromatic rings. The first kappa shape index (κ1) is 49.7. The molecule has 18 nitrogen and oxygen atoms in total. The van der Waals surface area contributed by atoms with Crippen LogP contribution in [-0.2, 0) is 42.7 Å². The molecule has 0 radical (unpaired) electrons. The van der Waals surface area contributed by atoms with E-state index >= 15 is 0 Å². The predicted molar refractivity (Wildman–Crippen MR) is 199 cm³/mol. The molecule has 9 N–H and O–H groups in total. The summed E-state index contributed by atoms with van der Waals surface area (Å²) in [5.41, 5.74) is 0. The van der Waals surface area contributed by atoms with Gasteiger partial charge >= 0.3 is 11.9 Å². The van der Waals surface area contributed by atoms with Crippen molar-refractivity contribution in [1.82, 2.24) is 0 Å². The average Bonchev–Trinajstić information content (AvgIpc) is 3.17. The summed E-state index contributed by atoms with van der Waals surface area (Å²) in [5, 5.41) is 93.6. The van der Waals surface area contributed by atoms with Crippen molar-refractivity contribution in [1.29, 1.82) is 0 Å². The molecular weight excluding hydrogens is 756 g/mol. The highest BCUT2D eigenvalue weighted by Crippen LogP contribution is 2.35. The van der Waals surface area contributed by atoms with Gasteiger partial charge in [0.25, 0.3) is 0 Å². The first-order valence-electron chi connectivity index (χ1n) is 20.7. The fraction of sp³-hybridized carbons (Fsp3) is 0.949. The van der Waals surface area contributed by atoms with Gasteiger partial charge in [-0.25, -0.2) is 0 Å². The largest absolute Gasteiger partial charge is 0.456 e. The number of rotatable bonds is 23. The number of ether oxygens (including phenoxy) is 7. The van der Waals surface area contributed by atoms with Crippen molar-refractivity contribution >= 4 is 11.9 Å². The smallest absolute Gasteiger partial charge is 0.311 e. The SMILES string of the molecule is CCCCC[C@H](O)CCCCCCCCCC(=O)O[C@H]1[C@H](O[C@H]2C(O)O[C@H](CO)[C@@H](O)[C@@H]2O)O[C@@H](C)[C@H](OC(=O)[C@H](C)[C@@H](C)O)[C@H]1O[C@@H]1O[C@@H](C)[C@H](O)[C@@H](O)[C@H]1O. The normalized spacial score (nSPS) is 37.6. The van der Waals surface area contributed by atoms with Crippen LogP contribution < -0.4 is 0 Å². The minimum absolute atomic E-state index is 0.0713. The number of aliphatic hydroxyl groups is 9. The van der Waals surface area contributed by atoms with Crippen molar-refractivity contribution in [3.8, 4) is 0 Å². The van der Waals surface area contributed by atoms with Crippen LogP contribution in [0.3, 0.4) is 0 Å². The van der Waals surface area contributed by atoms with Gasteiger partial charge in [-0.3, -0.25) is 9.59 Å². The molecule has 0 aromatic carbocycles. The molecule has 0 amide bonds. The van der Waals surface area contributed by atoms with Crippen molar-refractivity contribution < 1.29 is 88.7 Å². The quantitative estimate of drug-likeness (QED) is 0.0486. The van der Waals surface area contributed by atoms with Crippen LogP contribution in [0.5, 0.6) is 0 Å². The van der Waals surface area contributed by atoms with Crippen LogP contribution in [0.15, 0.2) is 0 Å². The summed E-state index contributed by atoms with van der Waals surface area (Å²) in [6.07, 6.45) is -14.6. The molecule has 0 saturated carbocycles. The number of aliphatic hydroxyl groups excluding tert-OH is 9. The third kappa shape index (κ3) is 14.5. The lowest BCUT2D eigenvalue weighted by Crippen LogP contribution is -2.67. The number of unbranched alkanes of at least 4 members (excludes halogenated alkanes) is 8. The Kier molecular flexibility index (Phi) is 21.5. The lowest BCUT2D eigenvalue weighted by molar-refractivity contribution is -0.379. The second-order valence-electron chi connectivity index (χ2n) is 15.9. The molecule has 0 aromatic heterocycles. The van der Waals surface area contributed by atoms with Crippen LogP contribution in [0.25, 0.3) is 0 Å². The van der Waals surface area contributed by atoms with Crippen LogP contribution in [0.2, 0.25) is 0 Å². The Morgan fingerprint density at radius 1 is 0.614 bits per heavy atom. The molecule has 0 spiro atoms. The monoisotopic (exact) mass is 826 g/mol. The molecule has 3 fully saturated rings. The first-order valence-corrected chi connectivity index (χ1v) is 20.7. The van der Waals surface area contributed by atoms with Gasteiger partial charge in [0.05, 0.1) is 36.9 Å². The van der Waals surface area contributed by atoms with E-state index in [4.69, 9.17) is 33.2 Å². The highest BCUT2D eigenvalue weighted by Gasteiger charge is 2.56. The van der Waals surface area contributed by atoms with E-state index in [0.717, 1.165) is 64.2 Å². The van der Waals surface area contributed by atoms with Gasteiger partial charge in [0, 0.05) is 6.42 Å². The first-order chi connectivity index (χ1) is 27.0. The second-order valence-corrected chi connectivity index (χ2v) is 15.9. The predicted octanol–water partition coefficient (Wildman–Crippen LogP) is 0.0530. The summed E-state index contributed by atoms with van der Waals surface area (Å²) in [4.78, 5) is 26.7. The summed E-state index contributed by atoms with van der Waals surface area (Å²) in [6, 6.07) is 0. The molecule has 0 aliphatic carbocycles. The van der Waals surface area contributed by atoms with Crippen LogP contribution in [0.4, 0.5) is 0 Å². The zero-order chi connectivity index (χ0) is 42.4. The summed E-state index contributed by atoms with van der Waals surface area (Å²) < 4.78 is 40.7. The zero-order valence-corrected chi connectivity index (χ0v) is 34.0. The maximum atomic E-state index is 13.5. The van der Waals surface area contributed by atoms with Gasteiger partial charge in [-0.1, -0.05) is 64.7 Å². The molecule has 3 saturated heterocycles. The van der Waals surface area contributed by atoms with Crippen LogP contribution in [-0.4, -0.2) is 169 Å². The Morgan fingerprint density at radius 2 is 1.19 bits per heavy atom. The molecule has 1 unspecified atom stereocenters. The fourth-order valence-corrected chi connectivity index (χ4v) is 7.14. The lowest BCUT2D eigenvalue weighted by atomic mass is 9.96. The van der Waals surface area contributed by atoms with Gasteiger partial charge in [0.2, 0.25) is 0 Å². The third-order valence-corrected chi connectivity index (χ3v) is 11.1. The Labute approximate surface area is 335 Å². The number of hydrogen-bond donors (Lipinski definition) is 9. The topological polar surface area (TPSA) is 281 Å². The molecule has 3 aliphatic heterocycles. The van der Waals surface area contributed by atoms with Gasteiger partial charge < -0.3 is 79.1 Å². The van der Waals surface area contributed by atoms with Crippen molar-refractivity contribution in [2.45, 2.75) is 222 Å². The van der Waals surface area contributed by atoms with Gasteiger partial charge in [0.1, 0.15) is 48.8 Å². The summed E-state index contributed by atoms with van der Waals surface area (Å²) >= 11 is 0. The van der Waals surface area contributed by atoms with Gasteiger partial charge in [-0.15, -0.1) is 0 Å². The van der Waals surface area contributed by atoms with E-state index in [1.54, 1.807) is 0 Å². The van der Waals surface area contributed by atoms with Crippen LogP contribution in [0, 0.1) is 5.92 Å². The number of carbonyl (C=O) groups is 2. The Morgan fingerprint density at radius 3 is 1.81 bits per heavy atom. The lowest BCUT2D eigenvalue weighted by Gasteiger charge is -2.49. The van der Waals surface area contributed by atoms with Gasteiger partial charge in [-0.05, 0) is 47.0 Å². The molecule has 57 heavy (non-hydrogen) atoms. The maximum Gasteiger partial charge on any atom is 0.311 e.